The van der Waals surface area contributed by atoms with Crippen molar-refractivity contribution in [3.63, 3.8) is 0 Å². The summed E-state index contributed by atoms with van der Waals surface area (Å²) >= 11 is 0. The smallest absolute Gasteiger partial charge is 0.374 e. The lowest BCUT2D eigenvalue weighted by molar-refractivity contribution is -0.149. The Morgan fingerprint density at radius 3 is 2.32 bits per heavy atom. The number of likely N-dealkylation sites (N-methyl/N-ethyl adjacent to an activating group) is 1. The Bertz CT molecular complexity index is 904. The van der Waals surface area contributed by atoms with E-state index >= 15 is 0 Å². The fourth-order valence-corrected chi connectivity index (χ4v) is 5.15. The lowest BCUT2D eigenvalue weighted by atomic mass is 9.78. The first-order chi connectivity index (χ1) is 16.2. The van der Waals surface area contributed by atoms with Gasteiger partial charge in [-0.1, -0.05) is 12.1 Å². The highest BCUT2D eigenvalue weighted by Gasteiger charge is 2.57. The lowest BCUT2D eigenvalue weighted by Gasteiger charge is -2.36. The van der Waals surface area contributed by atoms with E-state index in [4.69, 9.17) is 9.47 Å². The highest BCUT2D eigenvalue weighted by Crippen LogP contribution is 2.45. The summed E-state index contributed by atoms with van der Waals surface area (Å²) in [5.74, 6) is -2.37. The van der Waals surface area contributed by atoms with Crippen LogP contribution in [0.1, 0.15) is 18.4 Å². The summed E-state index contributed by atoms with van der Waals surface area (Å²) in [4.78, 5) is 41.8. The van der Waals surface area contributed by atoms with Crippen LogP contribution >= 0.6 is 0 Å². The highest BCUT2D eigenvalue weighted by atomic mass is 16.5. The average Bonchev–Trinajstić information content (AvgIpc) is 3.41. The Morgan fingerprint density at radius 1 is 1.12 bits per heavy atom. The van der Waals surface area contributed by atoms with Gasteiger partial charge in [0, 0.05) is 26.2 Å². The van der Waals surface area contributed by atoms with Crippen molar-refractivity contribution in [3.05, 3.63) is 29.8 Å². The maximum absolute atomic E-state index is 13.3. The molecule has 11 heteroatoms. The molecule has 0 radical (unpaired) electrons. The number of carboxylic acid groups (broad SMARTS) is 1. The van der Waals surface area contributed by atoms with Crippen molar-refractivity contribution in [1.29, 1.82) is 0 Å². The van der Waals surface area contributed by atoms with Gasteiger partial charge in [-0.2, -0.15) is 0 Å². The van der Waals surface area contributed by atoms with Gasteiger partial charge in [-0.3, -0.25) is 14.4 Å². The van der Waals surface area contributed by atoms with Crippen LogP contribution in [0.3, 0.4) is 0 Å². The number of fused-ring (bicyclic) bond motifs is 2. The molecule has 184 valence electrons. The zero-order chi connectivity index (χ0) is 24.4. The largest absolute Gasteiger partial charge is 0.480 e. The van der Waals surface area contributed by atoms with Gasteiger partial charge in [-0.05, 0) is 50.8 Å². The third kappa shape index (κ3) is 5.43. The van der Waals surface area contributed by atoms with Gasteiger partial charge < -0.3 is 34.6 Å². The first-order valence-electron chi connectivity index (χ1n) is 11.8. The van der Waals surface area contributed by atoms with Crippen LogP contribution in [0.15, 0.2) is 24.3 Å². The minimum Gasteiger partial charge on any atom is -0.480 e. The molecule has 1 aromatic carbocycles. The van der Waals surface area contributed by atoms with Crippen LogP contribution in [-0.4, -0.2) is 96.3 Å². The van der Waals surface area contributed by atoms with E-state index in [0.717, 1.165) is 25.9 Å². The molecule has 0 aromatic heterocycles. The van der Waals surface area contributed by atoms with Crippen molar-refractivity contribution in [2.75, 3.05) is 33.2 Å². The number of aliphatic carboxylic acids is 1. The van der Waals surface area contributed by atoms with Gasteiger partial charge in [0.1, 0.15) is 11.8 Å². The molecule has 10 nitrogen and oxygen atoms in total. The van der Waals surface area contributed by atoms with Crippen molar-refractivity contribution >= 4 is 24.9 Å². The van der Waals surface area contributed by atoms with E-state index in [-0.39, 0.29) is 24.5 Å². The fraction of sp³-hybridized carbons (Fsp3) is 0.609. The molecule has 1 unspecified atom stereocenters. The predicted molar refractivity (Wildman–Crippen MR) is 123 cm³/mol. The Hall–Kier alpha value is -2.47. The molecule has 3 fully saturated rings. The number of ether oxygens (including phenoxy) is 2. The third-order valence-corrected chi connectivity index (χ3v) is 6.97. The monoisotopic (exact) mass is 473 g/mol. The fourth-order valence-electron chi connectivity index (χ4n) is 5.15. The third-order valence-electron chi connectivity index (χ3n) is 6.97. The second-order valence-electron chi connectivity index (χ2n) is 9.47. The number of nitrogens with zero attached hydrogens (tertiary/aromatic N) is 2. The van der Waals surface area contributed by atoms with Gasteiger partial charge in [0.15, 0.2) is 0 Å². The zero-order valence-corrected chi connectivity index (χ0v) is 19.6. The number of piperazine rings is 1. The molecule has 1 aromatic rings. The number of esters is 1. The Labute approximate surface area is 199 Å². The normalized spacial score (nSPS) is 27.4. The van der Waals surface area contributed by atoms with Crippen molar-refractivity contribution in [1.82, 2.24) is 15.0 Å². The van der Waals surface area contributed by atoms with Crippen LogP contribution in [0.5, 0.6) is 5.75 Å². The second-order valence-corrected chi connectivity index (χ2v) is 9.47. The van der Waals surface area contributed by atoms with Crippen LogP contribution in [0.2, 0.25) is 6.82 Å². The van der Waals surface area contributed by atoms with Crippen molar-refractivity contribution in [2.24, 2.45) is 11.8 Å². The molecule has 34 heavy (non-hydrogen) atoms. The molecule has 3 N–H and O–H groups in total. The molecule has 3 saturated heterocycles. The summed E-state index contributed by atoms with van der Waals surface area (Å²) in [6.45, 7) is 4.37. The summed E-state index contributed by atoms with van der Waals surface area (Å²) < 4.78 is 11.6. The quantitative estimate of drug-likeness (QED) is 0.268. The van der Waals surface area contributed by atoms with Crippen LogP contribution < -0.4 is 9.96 Å². The summed E-state index contributed by atoms with van der Waals surface area (Å²) in [5, 5.41) is 21.3. The number of rotatable bonds is 8. The number of amides is 1. The average molecular weight is 473 g/mol. The Balaban J connectivity index is 1.40. The summed E-state index contributed by atoms with van der Waals surface area (Å²) in [7, 11) is 1.08. The van der Waals surface area contributed by atoms with Crippen LogP contribution in [0, 0.1) is 11.8 Å². The van der Waals surface area contributed by atoms with Gasteiger partial charge in [-0.25, -0.2) is 0 Å². The maximum Gasteiger partial charge on any atom is 0.374 e. The van der Waals surface area contributed by atoms with Gasteiger partial charge in [0.05, 0.1) is 24.0 Å². The van der Waals surface area contributed by atoms with Crippen molar-refractivity contribution in [2.45, 2.75) is 44.3 Å². The van der Waals surface area contributed by atoms with Gasteiger partial charge in [0.25, 0.3) is 0 Å². The number of carbonyl (C=O) groups excluding carboxylic acids is 2. The molecule has 4 rings (SSSR count). The van der Waals surface area contributed by atoms with E-state index < -0.39 is 36.9 Å². The first kappa shape index (κ1) is 24.7. The molecule has 0 spiro atoms. The van der Waals surface area contributed by atoms with Crippen molar-refractivity contribution < 1.29 is 34.0 Å². The number of benzene rings is 1. The van der Waals surface area contributed by atoms with Gasteiger partial charge in [-0.15, -0.1) is 0 Å². The number of hydrogen-bond acceptors (Lipinski definition) is 8. The lowest BCUT2D eigenvalue weighted by Crippen LogP contribution is -2.52. The van der Waals surface area contributed by atoms with Crippen LogP contribution in [0.4, 0.5) is 0 Å². The Kier molecular flexibility index (Phi) is 7.56. The van der Waals surface area contributed by atoms with Crippen molar-refractivity contribution in [3.8, 4) is 5.75 Å². The Morgan fingerprint density at radius 2 is 1.74 bits per heavy atom. The number of carboxylic acids is 1. The second kappa shape index (κ2) is 10.4. The molecule has 3 aliphatic rings. The van der Waals surface area contributed by atoms with Crippen LogP contribution in [0.25, 0.3) is 0 Å². The number of nitrogens with one attached hydrogen (secondary N) is 1. The SMILES string of the molecule is CB(O)NC(Cc1ccc(OC(=O)[C@H]2[C@@H](C(=O)N3CCN(C)CC3)[C@@H]3CC[C@H]2O3)cc1)C(=O)O. The minimum atomic E-state index is -1.07. The molecular weight excluding hydrogens is 441 g/mol. The zero-order valence-electron chi connectivity index (χ0n) is 19.6. The predicted octanol–water partition coefficient (Wildman–Crippen LogP) is -0.145. The molecule has 0 saturated carbocycles. The topological polar surface area (TPSA) is 129 Å². The number of carbonyl (C=O) groups is 3. The summed E-state index contributed by atoms with van der Waals surface area (Å²) in [5.41, 5.74) is 0.715. The minimum absolute atomic E-state index is 0.0251. The maximum atomic E-state index is 13.3. The molecular formula is C23H32BN3O7. The summed E-state index contributed by atoms with van der Waals surface area (Å²) in [6, 6.07) is 5.65. The highest BCUT2D eigenvalue weighted by molar-refractivity contribution is 6.46. The summed E-state index contributed by atoms with van der Waals surface area (Å²) in [6.07, 6.45) is 1.13. The van der Waals surface area contributed by atoms with Gasteiger partial charge in [0.2, 0.25) is 5.91 Å². The molecule has 1 amide bonds. The van der Waals surface area contributed by atoms with E-state index in [1.165, 1.54) is 6.82 Å². The van der Waals surface area contributed by atoms with E-state index in [2.05, 4.69) is 10.1 Å². The van der Waals surface area contributed by atoms with Gasteiger partial charge >= 0.3 is 19.0 Å². The molecule has 0 aliphatic carbocycles. The van der Waals surface area contributed by atoms with Crippen LogP contribution in [-0.2, 0) is 25.5 Å². The molecule has 3 heterocycles. The van der Waals surface area contributed by atoms with E-state index in [0.29, 0.717) is 24.4 Å². The van der Waals surface area contributed by atoms with E-state index in [1.807, 2.05) is 11.9 Å². The van der Waals surface area contributed by atoms with E-state index in [9.17, 15) is 24.5 Å². The molecule has 3 aliphatic heterocycles. The standard InChI is InChI=1S/C23H32BN3O7/c1-24(32)25-16(22(29)30)13-14-3-5-15(6-4-14)33-23(31)20-18-8-7-17(34-18)19(20)21(28)27-11-9-26(2)10-12-27/h3-6,16-20,25,32H,7-13H2,1-2H3,(H,29,30)/t16?,17-,18+,19-,20+/m0/s1. The first-order valence-corrected chi connectivity index (χ1v) is 11.8. The molecule has 5 atom stereocenters. The molecule has 2 bridgehead atoms. The number of hydrogen-bond donors (Lipinski definition) is 3. The van der Waals surface area contributed by atoms with E-state index in [1.54, 1.807) is 24.3 Å².